The first-order valence-corrected chi connectivity index (χ1v) is 24.0. The van der Waals surface area contributed by atoms with E-state index in [1.54, 1.807) is 33.2 Å². The zero-order valence-corrected chi connectivity index (χ0v) is 41.9. The number of rotatable bonds is 33. The standard InChI is InChI=1S/C50H86N4O11/c1-13-35(6)47(43(61-11)32-45(58)54-23-17-20-40(54)49(62-12)37(8)41(55)30-36(7)48(59)38-18-15-14-16-19-38)53(10)50(60)39(33(2)3)31-42(56)46(34(4)5)52(9)44(57)21-24-63-26-28-65-29-27-64-25-22-51/h14-16,18-19,33-37,39-40,43,46-49,59H,13,17,20-32,51H2,1-12H3/t35-,36-,37?,39-,40-,43+,46-,47-,48+,49+/m0/s1. The van der Waals surface area contributed by atoms with E-state index in [2.05, 4.69) is 0 Å². The Kier molecular flexibility index (Phi) is 26.8. The van der Waals surface area contributed by atoms with Crippen LogP contribution in [0, 0.1) is 35.5 Å². The SMILES string of the molecule is CC[C@H](C)[C@@H]([C@@H](CC(=O)N1CCC[C@H]1[C@H](OC)C(C)C(=O)C[C@H](C)[C@@H](O)c1ccccc1)OC)N(C)C(=O)[C@@H](CC(=O)[C@H](C(C)C)N(C)C(=O)CCOCCOCCOCCN)C(C)C. The molecule has 0 saturated carbocycles. The Hall–Kier alpha value is -3.31. The molecule has 3 amide bonds. The average molecular weight is 919 g/mol. The third-order valence-corrected chi connectivity index (χ3v) is 13.3. The Bertz CT molecular complexity index is 1560. The van der Waals surface area contributed by atoms with Crippen molar-refractivity contribution in [3.05, 3.63) is 35.9 Å². The predicted molar refractivity (Wildman–Crippen MR) is 252 cm³/mol. The number of benzene rings is 1. The van der Waals surface area contributed by atoms with Gasteiger partial charge in [-0.25, -0.2) is 0 Å². The van der Waals surface area contributed by atoms with E-state index in [0.717, 1.165) is 12.0 Å². The summed E-state index contributed by atoms with van der Waals surface area (Å²) in [6.07, 6.45) is 0.355. The molecule has 10 atom stereocenters. The number of Topliss-reactive ketones (excluding diaryl/α,β-unsaturated/α-hetero) is 2. The molecule has 15 nitrogen and oxygen atoms in total. The summed E-state index contributed by atoms with van der Waals surface area (Å²) in [7, 11) is 6.49. The molecule has 1 aliphatic rings. The van der Waals surface area contributed by atoms with Crippen LogP contribution in [0.3, 0.4) is 0 Å². The van der Waals surface area contributed by atoms with Gasteiger partial charge in [0.25, 0.3) is 0 Å². The summed E-state index contributed by atoms with van der Waals surface area (Å²) < 4.78 is 28.4. The lowest BCUT2D eigenvalue weighted by Gasteiger charge is -2.41. The van der Waals surface area contributed by atoms with E-state index in [0.29, 0.717) is 59.0 Å². The first kappa shape index (κ1) is 57.8. The molecule has 0 aromatic heterocycles. The highest BCUT2D eigenvalue weighted by Crippen LogP contribution is 2.33. The van der Waals surface area contributed by atoms with Crippen LogP contribution in [0.2, 0.25) is 0 Å². The normalized spacial score (nSPS) is 18.4. The molecule has 0 radical (unpaired) electrons. The van der Waals surface area contributed by atoms with Crippen molar-refractivity contribution in [1.82, 2.24) is 14.7 Å². The van der Waals surface area contributed by atoms with Crippen LogP contribution in [0.25, 0.3) is 0 Å². The fraction of sp³-hybridized carbons (Fsp3) is 0.780. The van der Waals surface area contributed by atoms with Crippen molar-refractivity contribution in [2.45, 2.75) is 137 Å². The number of likely N-dealkylation sites (tertiary alicyclic amines) is 1. The minimum atomic E-state index is -0.787. The number of aliphatic hydroxyl groups is 1. The molecule has 3 N–H and O–H groups in total. The van der Waals surface area contributed by atoms with E-state index in [1.165, 1.54) is 4.90 Å². The number of nitrogens with zero attached hydrogens (tertiary/aromatic N) is 3. The molecule has 0 aliphatic carbocycles. The number of carbonyl (C=O) groups is 5. The number of nitrogens with two attached hydrogens (primary N) is 1. The zero-order valence-electron chi connectivity index (χ0n) is 41.9. The van der Waals surface area contributed by atoms with Gasteiger partial charge in [-0.15, -0.1) is 0 Å². The van der Waals surface area contributed by atoms with Crippen LogP contribution < -0.4 is 5.73 Å². The molecule has 1 aliphatic heterocycles. The number of hydrogen-bond acceptors (Lipinski definition) is 12. The first-order valence-electron chi connectivity index (χ1n) is 24.0. The number of ketones is 2. The van der Waals surface area contributed by atoms with E-state index >= 15 is 0 Å². The number of amides is 3. The lowest BCUT2D eigenvalue weighted by atomic mass is 9.83. The molecule has 1 heterocycles. The van der Waals surface area contributed by atoms with E-state index in [4.69, 9.17) is 29.4 Å². The van der Waals surface area contributed by atoms with Crippen molar-refractivity contribution in [1.29, 1.82) is 0 Å². The summed E-state index contributed by atoms with van der Waals surface area (Å²) >= 11 is 0. The highest BCUT2D eigenvalue weighted by Gasteiger charge is 2.43. The first-order chi connectivity index (χ1) is 30.9. The van der Waals surface area contributed by atoms with Crippen molar-refractivity contribution in [3.63, 3.8) is 0 Å². The summed E-state index contributed by atoms with van der Waals surface area (Å²) in [5.74, 6) is -2.79. The van der Waals surface area contributed by atoms with Crippen molar-refractivity contribution in [2.24, 2.45) is 41.2 Å². The van der Waals surface area contributed by atoms with Crippen molar-refractivity contribution in [2.75, 3.05) is 81.0 Å². The fourth-order valence-corrected chi connectivity index (χ4v) is 9.29. The summed E-state index contributed by atoms with van der Waals surface area (Å²) in [6, 6.07) is 7.75. The van der Waals surface area contributed by atoms with E-state index in [9.17, 15) is 29.1 Å². The Morgan fingerprint density at radius 3 is 1.91 bits per heavy atom. The topological polar surface area (TPSA) is 187 Å². The van der Waals surface area contributed by atoms with Crippen LogP contribution in [0.1, 0.15) is 112 Å². The number of likely N-dealkylation sites (N-methyl/N-ethyl adjacent to an activating group) is 2. The lowest BCUT2D eigenvalue weighted by molar-refractivity contribution is -0.149. The summed E-state index contributed by atoms with van der Waals surface area (Å²) in [6.45, 7) is 18.6. The Labute approximate surface area is 390 Å². The molecular formula is C50H86N4O11. The summed E-state index contributed by atoms with van der Waals surface area (Å²) in [5.41, 5.74) is 6.17. The van der Waals surface area contributed by atoms with Gasteiger partial charge in [0.05, 0.1) is 88.9 Å². The molecule has 0 bridgehead atoms. The maximum Gasteiger partial charge on any atom is 0.226 e. The third-order valence-electron chi connectivity index (χ3n) is 13.3. The maximum atomic E-state index is 14.6. The summed E-state index contributed by atoms with van der Waals surface area (Å²) in [4.78, 5) is 75.1. The van der Waals surface area contributed by atoms with Crippen LogP contribution in [-0.4, -0.2) is 160 Å². The Morgan fingerprint density at radius 1 is 0.769 bits per heavy atom. The van der Waals surface area contributed by atoms with Gasteiger partial charge in [0.1, 0.15) is 5.78 Å². The zero-order chi connectivity index (χ0) is 48.8. The highest BCUT2D eigenvalue weighted by atomic mass is 16.5. The molecule has 1 saturated heterocycles. The quantitative estimate of drug-likeness (QED) is 0.0863. The summed E-state index contributed by atoms with van der Waals surface area (Å²) in [5, 5.41) is 11.0. The molecule has 372 valence electrons. The van der Waals surface area contributed by atoms with E-state index in [1.807, 2.05) is 90.6 Å². The minimum absolute atomic E-state index is 0.00717. The second kappa shape index (κ2) is 30.1. The number of ether oxygens (including phenoxy) is 5. The van der Waals surface area contributed by atoms with Gasteiger partial charge < -0.3 is 49.2 Å². The van der Waals surface area contributed by atoms with Gasteiger partial charge in [0, 0.05) is 66.1 Å². The van der Waals surface area contributed by atoms with Gasteiger partial charge in [-0.05, 0) is 42.1 Å². The average Bonchev–Trinajstić information content (AvgIpc) is 3.77. The van der Waals surface area contributed by atoms with E-state index in [-0.39, 0.29) is 91.3 Å². The number of hydrogen-bond donors (Lipinski definition) is 2. The van der Waals surface area contributed by atoms with Crippen molar-refractivity contribution < 1.29 is 52.8 Å². The van der Waals surface area contributed by atoms with Crippen LogP contribution in [-0.2, 0) is 47.7 Å². The number of aliphatic hydroxyl groups excluding tert-OH is 1. The van der Waals surface area contributed by atoms with Crippen LogP contribution >= 0.6 is 0 Å². The van der Waals surface area contributed by atoms with Gasteiger partial charge in [-0.2, -0.15) is 0 Å². The van der Waals surface area contributed by atoms with Gasteiger partial charge in [-0.1, -0.05) is 92.1 Å². The van der Waals surface area contributed by atoms with Crippen LogP contribution in [0.4, 0.5) is 0 Å². The molecule has 2 rings (SSSR count). The molecular weight excluding hydrogens is 833 g/mol. The second-order valence-corrected chi connectivity index (χ2v) is 18.7. The molecule has 65 heavy (non-hydrogen) atoms. The highest BCUT2D eigenvalue weighted by molar-refractivity contribution is 5.93. The number of methoxy groups -OCH3 is 2. The molecule has 1 aromatic rings. The lowest BCUT2D eigenvalue weighted by Crippen LogP contribution is -2.54. The molecule has 15 heteroatoms. The smallest absolute Gasteiger partial charge is 0.226 e. The molecule has 1 fully saturated rings. The van der Waals surface area contributed by atoms with E-state index < -0.39 is 42.2 Å². The van der Waals surface area contributed by atoms with Gasteiger partial charge in [0.15, 0.2) is 5.78 Å². The van der Waals surface area contributed by atoms with Crippen LogP contribution in [0.15, 0.2) is 30.3 Å². The third kappa shape index (κ3) is 17.7. The molecule has 0 spiro atoms. The number of carbonyl (C=O) groups excluding carboxylic acids is 5. The second-order valence-electron chi connectivity index (χ2n) is 18.7. The monoisotopic (exact) mass is 919 g/mol. The maximum absolute atomic E-state index is 14.6. The minimum Gasteiger partial charge on any atom is -0.388 e. The van der Waals surface area contributed by atoms with Gasteiger partial charge in [-0.3, -0.25) is 24.0 Å². The van der Waals surface area contributed by atoms with Crippen LogP contribution in [0.5, 0.6) is 0 Å². The van der Waals surface area contributed by atoms with Gasteiger partial charge >= 0.3 is 0 Å². The largest absolute Gasteiger partial charge is 0.388 e. The fourth-order valence-electron chi connectivity index (χ4n) is 9.29. The Balaban J connectivity index is 2.16. The van der Waals surface area contributed by atoms with Gasteiger partial charge in [0.2, 0.25) is 17.7 Å². The van der Waals surface area contributed by atoms with Crippen molar-refractivity contribution in [3.8, 4) is 0 Å². The van der Waals surface area contributed by atoms with Crippen molar-refractivity contribution >= 4 is 29.3 Å². The molecule has 1 aromatic carbocycles. The Morgan fingerprint density at radius 2 is 1.37 bits per heavy atom. The molecule has 1 unspecified atom stereocenters. The predicted octanol–water partition coefficient (Wildman–Crippen LogP) is 5.35.